The van der Waals surface area contributed by atoms with E-state index < -0.39 is 0 Å². The molecule has 3 heteroatoms. The molecular formula is C16H24ClNO. The highest BCUT2D eigenvalue weighted by atomic mass is 35.5. The van der Waals surface area contributed by atoms with Gasteiger partial charge >= 0.3 is 0 Å². The topological polar surface area (TPSA) is 21.3 Å². The Morgan fingerprint density at radius 3 is 2.95 bits per heavy atom. The van der Waals surface area contributed by atoms with Crippen molar-refractivity contribution in [2.75, 3.05) is 19.0 Å². The van der Waals surface area contributed by atoms with Gasteiger partial charge < -0.3 is 10.1 Å². The summed E-state index contributed by atoms with van der Waals surface area (Å²) in [7, 11) is 0. The number of hydrogen-bond acceptors (Lipinski definition) is 2. The van der Waals surface area contributed by atoms with Crippen molar-refractivity contribution in [2.24, 2.45) is 0 Å². The molecule has 0 saturated carbocycles. The Morgan fingerprint density at radius 1 is 1.26 bits per heavy atom. The van der Waals surface area contributed by atoms with E-state index in [0.717, 1.165) is 37.6 Å². The second-order valence-corrected chi connectivity index (χ2v) is 5.74. The number of nitrogens with one attached hydrogen (secondary N) is 1. The van der Waals surface area contributed by atoms with Crippen LogP contribution in [-0.4, -0.2) is 25.1 Å². The molecule has 1 aromatic carbocycles. The van der Waals surface area contributed by atoms with Gasteiger partial charge in [0.25, 0.3) is 0 Å². The van der Waals surface area contributed by atoms with E-state index in [1.165, 1.54) is 30.4 Å². The van der Waals surface area contributed by atoms with Crippen molar-refractivity contribution < 1.29 is 4.74 Å². The molecule has 0 aromatic heterocycles. The van der Waals surface area contributed by atoms with Gasteiger partial charge in [-0.3, -0.25) is 0 Å². The summed E-state index contributed by atoms with van der Waals surface area (Å²) < 4.78 is 5.93. The van der Waals surface area contributed by atoms with Crippen LogP contribution in [-0.2, 0) is 6.42 Å². The quantitative estimate of drug-likeness (QED) is 0.580. The maximum atomic E-state index is 5.93. The van der Waals surface area contributed by atoms with E-state index in [1.807, 2.05) is 0 Å². The molecule has 106 valence electrons. The molecule has 0 amide bonds. The summed E-state index contributed by atoms with van der Waals surface area (Å²) in [5, 5.41) is 3.50. The summed E-state index contributed by atoms with van der Waals surface area (Å²) in [5.41, 5.74) is 2.67. The first-order chi connectivity index (χ1) is 9.29. The van der Waals surface area contributed by atoms with E-state index in [2.05, 4.69) is 30.4 Å². The third kappa shape index (κ3) is 4.70. The third-order valence-electron chi connectivity index (χ3n) is 3.57. The SMILES string of the molecule is Cc1ccc2c(c1)CC(CNCCCCCCCl)O2. The van der Waals surface area contributed by atoms with Gasteiger partial charge in [0.2, 0.25) is 0 Å². The molecule has 0 spiro atoms. The van der Waals surface area contributed by atoms with E-state index in [1.54, 1.807) is 0 Å². The van der Waals surface area contributed by atoms with Crippen molar-refractivity contribution in [1.82, 2.24) is 5.32 Å². The molecule has 1 atom stereocenters. The standard InChI is InChI=1S/C16H24ClNO/c1-13-6-7-16-14(10-13)11-15(19-16)12-18-9-5-3-2-4-8-17/h6-7,10,15,18H,2-5,8-9,11-12H2,1H3. The van der Waals surface area contributed by atoms with Gasteiger partial charge in [0, 0.05) is 18.8 Å². The minimum atomic E-state index is 0.305. The molecule has 1 aliphatic rings. The number of benzene rings is 1. The predicted octanol–water partition coefficient (Wildman–Crippen LogP) is 3.69. The second-order valence-electron chi connectivity index (χ2n) is 5.36. The van der Waals surface area contributed by atoms with Gasteiger partial charge in [-0.05, 0) is 37.9 Å². The Balaban J connectivity index is 1.59. The number of fused-ring (bicyclic) bond motifs is 1. The molecule has 19 heavy (non-hydrogen) atoms. The van der Waals surface area contributed by atoms with Gasteiger partial charge in [0.05, 0.1) is 0 Å². The Bertz CT molecular complexity index is 394. The van der Waals surface area contributed by atoms with Crippen LogP contribution in [0, 0.1) is 6.92 Å². The Morgan fingerprint density at radius 2 is 2.11 bits per heavy atom. The fraction of sp³-hybridized carbons (Fsp3) is 0.625. The largest absolute Gasteiger partial charge is 0.488 e. The lowest BCUT2D eigenvalue weighted by Crippen LogP contribution is -2.30. The lowest BCUT2D eigenvalue weighted by atomic mass is 10.1. The van der Waals surface area contributed by atoms with Crippen LogP contribution in [0.25, 0.3) is 0 Å². The zero-order valence-electron chi connectivity index (χ0n) is 11.8. The van der Waals surface area contributed by atoms with Crippen LogP contribution in [0.3, 0.4) is 0 Å². The number of hydrogen-bond donors (Lipinski definition) is 1. The minimum Gasteiger partial charge on any atom is -0.488 e. The van der Waals surface area contributed by atoms with Crippen molar-refractivity contribution in [2.45, 2.75) is 45.1 Å². The van der Waals surface area contributed by atoms with Crippen molar-refractivity contribution in [3.8, 4) is 5.75 Å². The first kappa shape index (κ1) is 14.7. The summed E-state index contributed by atoms with van der Waals surface area (Å²) >= 11 is 5.65. The number of halogens is 1. The summed E-state index contributed by atoms with van der Waals surface area (Å²) in [5.74, 6) is 1.86. The van der Waals surface area contributed by atoms with Crippen molar-refractivity contribution in [1.29, 1.82) is 0 Å². The molecule has 1 aliphatic heterocycles. The van der Waals surface area contributed by atoms with E-state index >= 15 is 0 Å². The summed E-state index contributed by atoms with van der Waals surface area (Å²) in [6.45, 7) is 4.16. The Hall–Kier alpha value is -0.730. The van der Waals surface area contributed by atoms with Gasteiger partial charge in [-0.2, -0.15) is 0 Å². The van der Waals surface area contributed by atoms with Crippen molar-refractivity contribution >= 4 is 11.6 Å². The lowest BCUT2D eigenvalue weighted by Gasteiger charge is -2.11. The van der Waals surface area contributed by atoms with Crippen LogP contribution in [0.5, 0.6) is 5.75 Å². The van der Waals surface area contributed by atoms with Crippen molar-refractivity contribution in [3.63, 3.8) is 0 Å². The zero-order chi connectivity index (χ0) is 13.5. The number of unbranched alkanes of at least 4 members (excludes halogenated alkanes) is 3. The molecule has 0 aliphatic carbocycles. The second kappa shape index (κ2) is 7.76. The summed E-state index contributed by atoms with van der Waals surface area (Å²) in [6.07, 6.45) is 6.23. The smallest absolute Gasteiger partial charge is 0.123 e. The molecular weight excluding hydrogens is 258 g/mol. The van der Waals surface area contributed by atoms with Gasteiger partial charge in [-0.1, -0.05) is 30.5 Å². The Labute approximate surface area is 121 Å². The summed E-state index contributed by atoms with van der Waals surface area (Å²) in [4.78, 5) is 0. The highest BCUT2D eigenvalue weighted by Gasteiger charge is 2.21. The molecule has 2 nitrogen and oxygen atoms in total. The maximum Gasteiger partial charge on any atom is 0.123 e. The van der Waals surface area contributed by atoms with Gasteiger partial charge in [-0.15, -0.1) is 11.6 Å². The van der Waals surface area contributed by atoms with E-state index in [4.69, 9.17) is 16.3 Å². The van der Waals surface area contributed by atoms with Crippen LogP contribution in [0.4, 0.5) is 0 Å². The van der Waals surface area contributed by atoms with E-state index in [9.17, 15) is 0 Å². The highest BCUT2D eigenvalue weighted by molar-refractivity contribution is 6.17. The van der Waals surface area contributed by atoms with E-state index in [0.29, 0.717) is 6.10 Å². The average molecular weight is 282 g/mol. The zero-order valence-corrected chi connectivity index (χ0v) is 12.5. The number of alkyl halides is 1. The predicted molar refractivity (Wildman–Crippen MR) is 81.4 cm³/mol. The molecule has 1 aromatic rings. The minimum absolute atomic E-state index is 0.305. The fourth-order valence-corrected chi connectivity index (χ4v) is 2.71. The average Bonchev–Trinajstić information content (AvgIpc) is 2.79. The van der Waals surface area contributed by atoms with Crippen LogP contribution in [0.15, 0.2) is 18.2 Å². The first-order valence-electron chi connectivity index (χ1n) is 7.32. The molecule has 0 radical (unpaired) electrons. The monoisotopic (exact) mass is 281 g/mol. The normalized spacial score (nSPS) is 17.3. The van der Waals surface area contributed by atoms with Crippen LogP contribution in [0.2, 0.25) is 0 Å². The molecule has 0 fully saturated rings. The highest BCUT2D eigenvalue weighted by Crippen LogP contribution is 2.29. The molecule has 1 heterocycles. The first-order valence-corrected chi connectivity index (χ1v) is 7.86. The lowest BCUT2D eigenvalue weighted by molar-refractivity contribution is 0.227. The Kier molecular flexibility index (Phi) is 5.99. The van der Waals surface area contributed by atoms with Gasteiger partial charge in [-0.25, -0.2) is 0 Å². The molecule has 1 N–H and O–H groups in total. The number of rotatable bonds is 8. The molecule has 1 unspecified atom stereocenters. The van der Waals surface area contributed by atoms with Gasteiger partial charge in [0.15, 0.2) is 0 Å². The van der Waals surface area contributed by atoms with Crippen LogP contribution in [0.1, 0.15) is 36.8 Å². The molecule has 0 saturated heterocycles. The number of aryl methyl sites for hydroxylation is 1. The van der Waals surface area contributed by atoms with Crippen molar-refractivity contribution in [3.05, 3.63) is 29.3 Å². The summed E-state index contributed by atoms with van der Waals surface area (Å²) in [6, 6.07) is 6.45. The molecule has 0 bridgehead atoms. The van der Waals surface area contributed by atoms with Gasteiger partial charge in [0.1, 0.15) is 11.9 Å². The fourth-order valence-electron chi connectivity index (χ4n) is 2.52. The number of ether oxygens (including phenoxy) is 1. The van der Waals surface area contributed by atoms with Crippen LogP contribution < -0.4 is 10.1 Å². The maximum absolute atomic E-state index is 5.93. The van der Waals surface area contributed by atoms with Crippen LogP contribution >= 0.6 is 11.6 Å². The van der Waals surface area contributed by atoms with E-state index in [-0.39, 0.29) is 0 Å². The molecule has 2 rings (SSSR count). The third-order valence-corrected chi connectivity index (χ3v) is 3.83.